The number of phenolic OH excluding ortho intramolecular Hbond substituents is 1. The van der Waals surface area contributed by atoms with Crippen molar-refractivity contribution in [3.8, 4) is 5.75 Å². The molecule has 3 amide bonds. The fraction of sp³-hybridized carbons (Fsp3) is 0.625. The van der Waals surface area contributed by atoms with Gasteiger partial charge in [0, 0.05) is 33.2 Å². The van der Waals surface area contributed by atoms with Crippen LogP contribution in [-0.4, -0.2) is 82.6 Å². The van der Waals surface area contributed by atoms with Crippen molar-refractivity contribution >= 4 is 29.7 Å². The topological polar surface area (TPSA) is 99.2 Å². The van der Waals surface area contributed by atoms with Crippen molar-refractivity contribution in [3.05, 3.63) is 29.8 Å². The van der Waals surface area contributed by atoms with Crippen LogP contribution in [-0.2, 0) is 20.7 Å². The van der Waals surface area contributed by atoms with E-state index in [1.54, 1.807) is 37.2 Å². The Bertz CT molecular complexity index is 825. The normalized spacial score (nSPS) is 16.9. The first kappa shape index (κ1) is 26.8. The first-order valence-corrected chi connectivity index (χ1v) is 12.4. The summed E-state index contributed by atoms with van der Waals surface area (Å²) in [5, 5.41) is 12.1. The number of likely N-dealkylation sites (tertiary alicyclic amines) is 1. The zero-order chi connectivity index (χ0) is 24.6. The number of nitrogens with one attached hydrogen (secondary N) is 1. The second kappa shape index (κ2) is 12.2. The highest BCUT2D eigenvalue weighted by Gasteiger charge is 2.35. The number of carbonyl (C=O) groups excluding carboxylic acids is 3. The number of rotatable bonds is 9. The molecule has 0 aliphatic carbocycles. The second-order valence-electron chi connectivity index (χ2n) is 9.50. The lowest BCUT2D eigenvalue weighted by atomic mass is 10.1. The van der Waals surface area contributed by atoms with Gasteiger partial charge >= 0.3 is 6.09 Å². The molecule has 1 heterocycles. The largest absolute Gasteiger partial charge is 0.508 e. The molecule has 1 fully saturated rings. The standard InChI is InChI=1S/C24H37N3O5S/c1-24(2,3)32-23(31)27-13-7-9-18(27)15-20(33-16-21(29)26(4)5)22(30)25-12-11-17-8-6-10-19(28)14-17/h6,8,10,14,18,20,28H,7,9,11-13,15-16H2,1-5H3,(H,25,30). The van der Waals surface area contributed by atoms with Gasteiger partial charge in [0.1, 0.15) is 11.4 Å². The molecule has 2 atom stereocenters. The van der Waals surface area contributed by atoms with E-state index in [0.717, 1.165) is 18.4 Å². The Balaban J connectivity index is 2.01. The lowest BCUT2D eigenvalue weighted by Gasteiger charge is -2.30. The van der Waals surface area contributed by atoms with Crippen molar-refractivity contribution in [1.29, 1.82) is 0 Å². The Labute approximate surface area is 201 Å². The van der Waals surface area contributed by atoms with E-state index in [2.05, 4.69) is 5.32 Å². The monoisotopic (exact) mass is 479 g/mol. The van der Waals surface area contributed by atoms with Gasteiger partial charge in [-0.1, -0.05) is 12.1 Å². The number of ether oxygens (including phenoxy) is 1. The Morgan fingerprint density at radius 1 is 1.30 bits per heavy atom. The van der Waals surface area contributed by atoms with Gasteiger partial charge in [-0.25, -0.2) is 4.79 Å². The van der Waals surface area contributed by atoms with Gasteiger partial charge in [0.05, 0.1) is 11.0 Å². The lowest BCUT2D eigenvalue weighted by molar-refractivity contribution is -0.125. The van der Waals surface area contributed by atoms with Gasteiger partial charge < -0.3 is 25.0 Å². The predicted octanol–water partition coefficient (Wildman–Crippen LogP) is 3.03. The van der Waals surface area contributed by atoms with Gasteiger partial charge in [0.25, 0.3) is 0 Å². The molecule has 2 rings (SSSR count). The molecule has 2 N–H and O–H groups in total. The Kier molecular flexibility index (Phi) is 9.88. The van der Waals surface area contributed by atoms with Crippen LogP contribution in [0.2, 0.25) is 0 Å². The van der Waals surface area contributed by atoms with E-state index in [4.69, 9.17) is 4.74 Å². The minimum atomic E-state index is -0.584. The summed E-state index contributed by atoms with van der Waals surface area (Å²) in [4.78, 5) is 41.0. The van der Waals surface area contributed by atoms with Crippen LogP contribution in [0.15, 0.2) is 24.3 Å². The zero-order valence-corrected chi connectivity index (χ0v) is 21.1. The molecule has 0 bridgehead atoms. The molecule has 8 nitrogen and oxygen atoms in total. The number of carbonyl (C=O) groups is 3. The molecule has 1 aliphatic heterocycles. The maximum atomic E-state index is 13.0. The Hall–Kier alpha value is -2.42. The number of nitrogens with zero attached hydrogens (tertiary/aromatic N) is 2. The average Bonchev–Trinajstić information content (AvgIpc) is 3.18. The summed E-state index contributed by atoms with van der Waals surface area (Å²) in [5.41, 5.74) is 0.342. The third kappa shape index (κ3) is 9.15. The summed E-state index contributed by atoms with van der Waals surface area (Å²) in [6.45, 7) is 6.53. The predicted molar refractivity (Wildman–Crippen MR) is 130 cm³/mol. The van der Waals surface area contributed by atoms with Crippen LogP contribution >= 0.6 is 11.8 Å². The number of hydrogen-bond acceptors (Lipinski definition) is 6. The minimum Gasteiger partial charge on any atom is -0.508 e. The van der Waals surface area contributed by atoms with Gasteiger partial charge in [-0.2, -0.15) is 0 Å². The highest BCUT2D eigenvalue weighted by atomic mass is 32.2. The van der Waals surface area contributed by atoms with Crippen molar-refractivity contribution in [1.82, 2.24) is 15.1 Å². The quantitative estimate of drug-likeness (QED) is 0.565. The van der Waals surface area contributed by atoms with Gasteiger partial charge in [0.2, 0.25) is 11.8 Å². The lowest BCUT2D eigenvalue weighted by Crippen LogP contribution is -2.43. The van der Waals surface area contributed by atoms with Crippen LogP contribution in [0.4, 0.5) is 4.79 Å². The zero-order valence-electron chi connectivity index (χ0n) is 20.3. The third-order valence-electron chi connectivity index (χ3n) is 5.31. The van der Waals surface area contributed by atoms with Crippen molar-refractivity contribution in [2.24, 2.45) is 0 Å². The molecule has 0 aromatic heterocycles. The van der Waals surface area contributed by atoms with Gasteiger partial charge in [-0.05, 0) is 64.2 Å². The number of aromatic hydroxyl groups is 1. The van der Waals surface area contributed by atoms with Crippen molar-refractivity contribution in [2.45, 2.75) is 63.3 Å². The number of hydrogen-bond donors (Lipinski definition) is 2. The molecule has 1 saturated heterocycles. The van der Waals surface area contributed by atoms with Crippen LogP contribution in [0, 0.1) is 0 Å². The summed E-state index contributed by atoms with van der Waals surface area (Å²) < 4.78 is 5.55. The highest BCUT2D eigenvalue weighted by Crippen LogP contribution is 2.28. The Morgan fingerprint density at radius 2 is 2.03 bits per heavy atom. The molecule has 1 aromatic rings. The second-order valence-corrected chi connectivity index (χ2v) is 10.7. The van der Waals surface area contributed by atoms with Gasteiger partial charge in [-0.15, -0.1) is 11.8 Å². The molecule has 2 unspecified atom stereocenters. The maximum Gasteiger partial charge on any atom is 0.410 e. The van der Waals surface area contributed by atoms with Gasteiger partial charge in [0.15, 0.2) is 0 Å². The summed E-state index contributed by atoms with van der Waals surface area (Å²) in [5.74, 6) is 0.172. The number of phenols is 1. The van der Waals surface area contributed by atoms with E-state index < -0.39 is 10.9 Å². The van der Waals surface area contributed by atoms with E-state index in [1.165, 1.54) is 16.7 Å². The summed E-state index contributed by atoms with van der Waals surface area (Å²) in [6, 6.07) is 6.83. The van der Waals surface area contributed by atoms with E-state index in [0.29, 0.717) is 25.9 Å². The molecule has 1 aromatic carbocycles. The summed E-state index contributed by atoms with van der Waals surface area (Å²) in [7, 11) is 3.38. The Morgan fingerprint density at radius 3 is 2.67 bits per heavy atom. The molecule has 33 heavy (non-hydrogen) atoms. The van der Waals surface area contributed by atoms with Gasteiger partial charge in [-0.3, -0.25) is 9.59 Å². The van der Waals surface area contributed by atoms with Crippen LogP contribution in [0.5, 0.6) is 5.75 Å². The third-order valence-corrected chi connectivity index (χ3v) is 6.54. The number of benzene rings is 1. The molecule has 0 saturated carbocycles. The fourth-order valence-corrected chi connectivity index (χ4v) is 4.79. The molecule has 1 aliphatic rings. The highest BCUT2D eigenvalue weighted by molar-refractivity contribution is 8.01. The number of amides is 3. The van der Waals surface area contributed by atoms with E-state index in [1.807, 2.05) is 26.8 Å². The molecular formula is C24H37N3O5S. The first-order valence-electron chi connectivity index (χ1n) is 11.3. The molecule has 9 heteroatoms. The van der Waals surface area contributed by atoms with Crippen LogP contribution < -0.4 is 5.32 Å². The molecule has 0 spiro atoms. The summed E-state index contributed by atoms with van der Waals surface area (Å²) in [6.07, 6.45) is 2.35. The number of thioether (sulfide) groups is 1. The maximum absolute atomic E-state index is 13.0. The van der Waals surface area contributed by atoms with E-state index in [-0.39, 0.29) is 35.5 Å². The van der Waals surface area contributed by atoms with Crippen LogP contribution in [0.3, 0.4) is 0 Å². The summed E-state index contributed by atoms with van der Waals surface area (Å²) >= 11 is 1.31. The first-order chi connectivity index (χ1) is 15.5. The van der Waals surface area contributed by atoms with Crippen molar-refractivity contribution in [2.75, 3.05) is 32.9 Å². The van der Waals surface area contributed by atoms with Crippen molar-refractivity contribution < 1.29 is 24.2 Å². The van der Waals surface area contributed by atoms with E-state index >= 15 is 0 Å². The van der Waals surface area contributed by atoms with Crippen LogP contribution in [0.25, 0.3) is 0 Å². The molecule has 184 valence electrons. The van der Waals surface area contributed by atoms with E-state index in [9.17, 15) is 19.5 Å². The van der Waals surface area contributed by atoms with Crippen molar-refractivity contribution in [3.63, 3.8) is 0 Å². The SMILES string of the molecule is CN(C)C(=O)CSC(CC1CCCN1C(=O)OC(C)(C)C)C(=O)NCCc1cccc(O)c1. The average molecular weight is 480 g/mol. The van der Waals surface area contributed by atoms with Crippen LogP contribution in [0.1, 0.15) is 45.6 Å². The molecular weight excluding hydrogens is 442 g/mol. The smallest absolute Gasteiger partial charge is 0.410 e. The minimum absolute atomic E-state index is 0.0621. The fourth-order valence-electron chi connectivity index (χ4n) is 3.60. The molecule has 0 radical (unpaired) electrons.